The van der Waals surface area contributed by atoms with Gasteiger partial charge in [0.1, 0.15) is 0 Å². The highest BCUT2D eigenvalue weighted by atomic mass is 16.4. The van der Waals surface area contributed by atoms with E-state index in [0.717, 1.165) is 27.9 Å². The number of hydrogen-bond donors (Lipinski definition) is 4. The van der Waals surface area contributed by atoms with Gasteiger partial charge >= 0.3 is 6.09 Å². The summed E-state index contributed by atoms with van der Waals surface area (Å²) < 4.78 is 0. The summed E-state index contributed by atoms with van der Waals surface area (Å²) in [6, 6.07) is 20.7. The Morgan fingerprint density at radius 2 is 1.68 bits per heavy atom. The highest BCUT2D eigenvalue weighted by molar-refractivity contribution is 5.65. The number of carbonyl (C=O) groups is 1. The van der Waals surface area contributed by atoms with Gasteiger partial charge in [-0.3, -0.25) is 4.98 Å². The van der Waals surface area contributed by atoms with Gasteiger partial charge in [-0.05, 0) is 48.9 Å². The van der Waals surface area contributed by atoms with Crippen molar-refractivity contribution in [2.75, 3.05) is 0 Å². The molecule has 5 N–H and O–H groups in total. The van der Waals surface area contributed by atoms with E-state index in [1.54, 1.807) is 0 Å². The van der Waals surface area contributed by atoms with Crippen LogP contribution in [0.3, 0.4) is 0 Å². The molecule has 162 valence electrons. The first-order valence-corrected chi connectivity index (χ1v) is 10.4. The number of nitrogens with one attached hydrogen (secondary N) is 1. The molecule has 0 saturated carbocycles. The Bertz CT molecular complexity index is 960. The Morgan fingerprint density at radius 1 is 1.00 bits per heavy atom. The number of aromatic nitrogens is 1. The molecule has 0 fully saturated rings. The second kappa shape index (κ2) is 10.7. The van der Waals surface area contributed by atoms with E-state index in [4.69, 9.17) is 5.73 Å². The van der Waals surface area contributed by atoms with Gasteiger partial charge in [0, 0.05) is 23.8 Å². The van der Waals surface area contributed by atoms with Gasteiger partial charge in [0.15, 0.2) is 0 Å². The summed E-state index contributed by atoms with van der Waals surface area (Å²) in [4.78, 5) is 15.7. The van der Waals surface area contributed by atoms with E-state index < -0.39 is 24.3 Å². The molecule has 3 atom stereocenters. The molecule has 0 aliphatic carbocycles. The predicted octanol–water partition coefficient (Wildman–Crippen LogP) is 3.56. The summed E-state index contributed by atoms with van der Waals surface area (Å²) in [6.45, 7) is 2.00. The van der Waals surface area contributed by atoms with Gasteiger partial charge in [-0.25, -0.2) is 4.79 Å². The first kappa shape index (κ1) is 22.5. The number of aliphatic hydroxyl groups excluding tert-OH is 1. The lowest BCUT2D eigenvalue weighted by Crippen LogP contribution is -2.44. The number of pyridine rings is 1. The summed E-state index contributed by atoms with van der Waals surface area (Å²) in [7, 11) is 0. The van der Waals surface area contributed by atoms with Crippen molar-refractivity contribution in [2.45, 2.75) is 44.4 Å². The van der Waals surface area contributed by atoms with Crippen LogP contribution >= 0.6 is 0 Å². The second-order valence-corrected chi connectivity index (χ2v) is 7.92. The van der Waals surface area contributed by atoms with Gasteiger partial charge in [-0.15, -0.1) is 0 Å². The maximum Gasteiger partial charge on any atom is 0.404 e. The zero-order valence-corrected chi connectivity index (χ0v) is 17.6. The van der Waals surface area contributed by atoms with Crippen LogP contribution in [0.2, 0.25) is 0 Å². The monoisotopic (exact) mass is 419 g/mol. The number of hydrogen-bond acceptors (Lipinski definition) is 4. The third kappa shape index (κ3) is 6.91. The summed E-state index contributed by atoms with van der Waals surface area (Å²) in [5.74, 6) is 0. The number of aryl methyl sites for hydroxylation is 1. The minimum Gasteiger partial charge on any atom is -0.465 e. The molecule has 1 unspecified atom stereocenters. The molecule has 2 aromatic carbocycles. The average molecular weight is 420 g/mol. The first-order chi connectivity index (χ1) is 14.9. The van der Waals surface area contributed by atoms with Crippen molar-refractivity contribution in [3.8, 4) is 11.3 Å². The number of carboxylic acid groups (broad SMARTS) is 1. The van der Waals surface area contributed by atoms with Crippen LogP contribution in [0.4, 0.5) is 4.79 Å². The third-order valence-electron chi connectivity index (χ3n) is 5.31. The van der Waals surface area contributed by atoms with Crippen LogP contribution in [0, 0.1) is 6.92 Å². The van der Waals surface area contributed by atoms with E-state index in [-0.39, 0.29) is 6.42 Å². The third-order valence-corrected chi connectivity index (χ3v) is 5.31. The Kier molecular flexibility index (Phi) is 7.76. The van der Waals surface area contributed by atoms with E-state index in [9.17, 15) is 15.0 Å². The Hall–Kier alpha value is -3.22. The second-order valence-electron chi connectivity index (χ2n) is 7.92. The van der Waals surface area contributed by atoms with Gasteiger partial charge in [0.25, 0.3) is 0 Å². The average Bonchev–Trinajstić information content (AvgIpc) is 2.75. The van der Waals surface area contributed by atoms with Gasteiger partial charge in [0.2, 0.25) is 0 Å². The highest BCUT2D eigenvalue weighted by Gasteiger charge is 2.22. The Balaban J connectivity index is 1.63. The highest BCUT2D eigenvalue weighted by Crippen LogP contribution is 2.19. The molecule has 0 saturated heterocycles. The number of nitrogens with zero attached hydrogens (tertiary/aromatic N) is 1. The summed E-state index contributed by atoms with van der Waals surface area (Å²) >= 11 is 0. The fraction of sp³-hybridized carbons (Fsp3) is 0.280. The number of benzene rings is 2. The number of amides is 1. The maximum absolute atomic E-state index is 11.3. The standard InChI is InChI=1S/C25H29N3O3/c1-17-7-12-23(27-16-17)20-10-8-19(9-11-20)13-21(28-25(30)31)15-24(29)22(26)14-18-5-3-2-4-6-18/h2-12,16,21-22,24,28-29H,13-15,26H2,1H3,(H,30,31)/t21?,22-,24-/m0/s1. The number of nitrogens with two attached hydrogens (primary N) is 1. The van der Waals surface area contributed by atoms with E-state index in [1.807, 2.05) is 79.9 Å². The molecular formula is C25H29N3O3. The van der Waals surface area contributed by atoms with Crippen LogP contribution in [-0.2, 0) is 12.8 Å². The Morgan fingerprint density at radius 3 is 2.29 bits per heavy atom. The zero-order valence-electron chi connectivity index (χ0n) is 17.6. The maximum atomic E-state index is 11.3. The van der Waals surface area contributed by atoms with Crippen LogP contribution in [0.1, 0.15) is 23.1 Å². The molecule has 0 aliphatic rings. The van der Waals surface area contributed by atoms with Crippen molar-refractivity contribution in [2.24, 2.45) is 5.73 Å². The molecule has 6 heteroatoms. The normalized spacial score (nSPS) is 13.9. The minimum atomic E-state index is -1.12. The van der Waals surface area contributed by atoms with Crippen molar-refractivity contribution in [1.82, 2.24) is 10.3 Å². The summed E-state index contributed by atoms with van der Waals surface area (Å²) in [5, 5.41) is 22.3. The lowest BCUT2D eigenvalue weighted by atomic mass is 9.94. The van der Waals surface area contributed by atoms with Gasteiger partial charge < -0.3 is 21.3 Å². The van der Waals surface area contributed by atoms with Crippen LogP contribution in [-0.4, -0.2) is 39.5 Å². The van der Waals surface area contributed by atoms with Crippen LogP contribution < -0.4 is 11.1 Å². The van der Waals surface area contributed by atoms with E-state index in [0.29, 0.717) is 12.8 Å². The molecule has 1 heterocycles. The molecule has 1 aromatic heterocycles. The topological polar surface area (TPSA) is 108 Å². The van der Waals surface area contributed by atoms with Crippen molar-refractivity contribution < 1.29 is 15.0 Å². The fourth-order valence-corrected chi connectivity index (χ4v) is 3.59. The van der Waals surface area contributed by atoms with Crippen molar-refractivity contribution in [1.29, 1.82) is 0 Å². The van der Waals surface area contributed by atoms with E-state index >= 15 is 0 Å². The molecule has 0 spiro atoms. The van der Waals surface area contributed by atoms with Gasteiger partial charge in [-0.2, -0.15) is 0 Å². The first-order valence-electron chi connectivity index (χ1n) is 10.4. The zero-order chi connectivity index (χ0) is 22.2. The lowest BCUT2D eigenvalue weighted by Gasteiger charge is -2.24. The van der Waals surface area contributed by atoms with Crippen LogP contribution in [0.5, 0.6) is 0 Å². The van der Waals surface area contributed by atoms with E-state index in [2.05, 4.69) is 10.3 Å². The largest absolute Gasteiger partial charge is 0.465 e. The minimum absolute atomic E-state index is 0.238. The lowest BCUT2D eigenvalue weighted by molar-refractivity contribution is 0.119. The van der Waals surface area contributed by atoms with Crippen molar-refractivity contribution in [3.05, 3.63) is 89.6 Å². The van der Waals surface area contributed by atoms with Crippen molar-refractivity contribution >= 4 is 6.09 Å². The molecule has 31 heavy (non-hydrogen) atoms. The van der Waals surface area contributed by atoms with E-state index in [1.165, 1.54) is 0 Å². The van der Waals surface area contributed by atoms with Crippen molar-refractivity contribution in [3.63, 3.8) is 0 Å². The quantitative estimate of drug-likeness (QED) is 0.424. The molecule has 0 aliphatic heterocycles. The summed E-state index contributed by atoms with van der Waals surface area (Å²) in [6.07, 6.45) is 1.11. The fourth-order valence-electron chi connectivity index (χ4n) is 3.59. The Labute approximate surface area is 182 Å². The molecule has 6 nitrogen and oxygen atoms in total. The molecule has 0 radical (unpaired) electrons. The molecule has 1 amide bonds. The van der Waals surface area contributed by atoms with Gasteiger partial charge in [-0.1, -0.05) is 60.7 Å². The molecule has 3 rings (SSSR count). The SMILES string of the molecule is Cc1ccc(-c2ccc(CC(C[C@H](O)[C@@H](N)Cc3ccccc3)NC(=O)O)cc2)nc1. The van der Waals surface area contributed by atoms with Crippen LogP contribution in [0.25, 0.3) is 11.3 Å². The molecular weight excluding hydrogens is 390 g/mol. The van der Waals surface area contributed by atoms with Gasteiger partial charge in [0.05, 0.1) is 11.8 Å². The number of aliphatic hydroxyl groups is 1. The smallest absolute Gasteiger partial charge is 0.404 e. The predicted molar refractivity (Wildman–Crippen MR) is 122 cm³/mol. The molecule has 0 bridgehead atoms. The summed E-state index contributed by atoms with van der Waals surface area (Å²) in [5.41, 5.74) is 11.2. The number of rotatable bonds is 9. The molecule has 3 aromatic rings. The van der Waals surface area contributed by atoms with Crippen LogP contribution in [0.15, 0.2) is 72.9 Å².